The summed E-state index contributed by atoms with van der Waals surface area (Å²) in [5, 5.41) is 17.3. The minimum Gasteiger partial charge on any atom is -0.489 e. The summed E-state index contributed by atoms with van der Waals surface area (Å²) in [7, 11) is 0. The number of ether oxygens (including phenoxy) is 2. The Balaban J connectivity index is 0.879. The number of rotatable bonds is 14. The van der Waals surface area contributed by atoms with Gasteiger partial charge in [-0.05, 0) is 116 Å². The van der Waals surface area contributed by atoms with E-state index in [1.807, 2.05) is 109 Å². The van der Waals surface area contributed by atoms with Gasteiger partial charge >= 0.3 is 0 Å². The molecule has 0 bridgehead atoms. The number of hydrogen-bond acceptors (Lipinski definition) is 8. The summed E-state index contributed by atoms with van der Waals surface area (Å²) in [5.74, 6) is 3.26. The minimum absolute atomic E-state index is 0.0640. The van der Waals surface area contributed by atoms with Crippen molar-refractivity contribution < 1.29 is 18.3 Å². The maximum absolute atomic E-state index is 6.42. The Bertz CT molecular complexity index is 2970. The molecular weight excluding hydrogens is 841 g/mol. The number of nitrogens with zero attached hydrogens (tertiary/aromatic N) is 4. The lowest BCUT2D eigenvalue weighted by atomic mass is 9.87. The zero-order valence-corrected chi connectivity index (χ0v) is 39.3. The van der Waals surface area contributed by atoms with Crippen LogP contribution in [0.3, 0.4) is 0 Å². The molecule has 0 atom stereocenters. The topological polar surface area (TPSA) is 96.3 Å². The van der Waals surface area contributed by atoms with Crippen molar-refractivity contribution in [3.8, 4) is 57.3 Å². The number of benzene rings is 7. The van der Waals surface area contributed by atoms with Crippen LogP contribution >= 0.6 is 0 Å². The summed E-state index contributed by atoms with van der Waals surface area (Å²) in [6.45, 7) is 13.9. The molecule has 0 fully saturated rings. The van der Waals surface area contributed by atoms with Crippen molar-refractivity contribution in [1.29, 1.82) is 0 Å². The number of hydrogen-bond donors (Lipinski definition) is 0. The molecule has 7 aromatic carbocycles. The molecule has 68 heavy (non-hydrogen) atoms. The number of aromatic nitrogens is 4. The molecule has 0 aliphatic carbocycles. The van der Waals surface area contributed by atoms with E-state index in [9.17, 15) is 0 Å². The average Bonchev–Trinajstić information content (AvgIpc) is 4.07. The largest absolute Gasteiger partial charge is 0.489 e. The van der Waals surface area contributed by atoms with Gasteiger partial charge in [-0.3, -0.25) is 0 Å². The van der Waals surface area contributed by atoms with Gasteiger partial charge in [0.2, 0.25) is 23.6 Å². The third-order valence-corrected chi connectivity index (χ3v) is 11.6. The molecule has 0 N–H and O–H groups in total. The predicted octanol–water partition coefficient (Wildman–Crippen LogP) is 15.2. The van der Waals surface area contributed by atoms with Crippen molar-refractivity contribution in [3.63, 3.8) is 0 Å². The highest BCUT2D eigenvalue weighted by Crippen LogP contribution is 2.31. The van der Waals surface area contributed by atoms with Gasteiger partial charge in [0.1, 0.15) is 24.7 Å². The van der Waals surface area contributed by atoms with Gasteiger partial charge in [0.15, 0.2) is 0 Å². The smallest absolute Gasteiger partial charge is 0.248 e. The molecule has 8 nitrogen and oxygen atoms in total. The van der Waals surface area contributed by atoms with Gasteiger partial charge in [-0.25, -0.2) is 0 Å². The van der Waals surface area contributed by atoms with Crippen LogP contribution in [0.1, 0.15) is 86.1 Å². The molecule has 9 aromatic rings. The molecular formula is C60H54N4O4. The standard InChI is InChI=1S/C60H54N4O4/c1-59(2,3)51-32-28-49(29-33-51)57-63-61-55(67-57)47-24-20-44(21-25-47)39-65-53-36-46(19-18-43-16-14-42(15-17-43)13-12-41-10-8-7-9-11-41)37-54(38-53)66-40-45-22-26-48(27-23-45)56-62-64-58(68-56)50-30-34-52(35-31-50)60(4,5)6/h7-38H,39-40H2,1-6H3/b13-12+,19-18+. The van der Waals surface area contributed by atoms with Gasteiger partial charge in [-0.1, -0.05) is 169 Å². The van der Waals surface area contributed by atoms with Gasteiger partial charge in [-0.15, -0.1) is 20.4 Å². The second-order valence-corrected chi connectivity index (χ2v) is 18.9. The molecule has 0 saturated heterocycles. The Morgan fingerprint density at radius 3 is 1.04 bits per heavy atom. The Morgan fingerprint density at radius 1 is 0.368 bits per heavy atom. The van der Waals surface area contributed by atoms with Gasteiger partial charge in [-0.2, -0.15) is 0 Å². The van der Waals surface area contributed by atoms with E-state index < -0.39 is 0 Å². The first-order valence-electron chi connectivity index (χ1n) is 22.9. The van der Waals surface area contributed by atoms with Crippen LogP contribution in [-0.2, 0) is 24.0 Å². The molecule has 0 saturated carbocycles. The first-order chi connectivity index (χ1) is 32.9. The molecule has 0 unspecified atom stereocenters. The van der Waals surface area contributed by atoms with Crippen LogP contribution < -0.4 is 9.47 Å². The van der Waals surface area contributed by atoms with E-state index in [2.05, 4.69) is 147 Å². The molecule has 9 rings (SSSR count). The zero-order chi connectivity index (χ0) is 47.1. The highest BCUT2D eigenvalue weighted by atomic mass is 16.5. The van der Waals surface area contributed by atoms with Gasteiger partial charge in [0, 0.05) is 28.3 Å². The van der Waals surface area contributed by atoms with Crippen molar-refractivity contribution >= 4 is 24.3 Å². The third-order valence-electron chi connectivity index (χ3n) is 11.6. The highest BCUT2D eigenvalue weighted by molar-refractivity contribution is 5.74. The Labute approximate surface area is 398 Å². The van der Waals surface area contributed by atoms with Crippen LogP contribution in [0.4, 0.5) is 0 Å². The van der Waals surface area contributed by atoms with Gasteiger partial charge in [0.05, 0.1) is 0 Å². The lowest BCUT2D eigenvalue weighted by Gasteiger charge is -2.18. The normalized spacial score (nSPS) is 12.0. The summed E-state index contributed by atoms with van der Waals surface area (Å²) in [4.78, 5) is 0. The second kappa shape index (κ2) is 19.8. The van der Waals surface area contributed by atoms with Crippen molar-refractivity contribution in [1.82, 2.24) is 20.4 Å². The van der Waals surface area contributed by atoms with Crippen LogP contribution in [0.25, 0.3) is 70.1 Å². The molecule has 2 aromatic heterocycles. The van der Waals surface area contributed by atoms with Crippen LogP contribution in [0.15, 0.2) is 179 Å². The van der Waals surface area contributed by atoms with Crippen LogP contribution in [-0.4, -0.2) is 20.4 Å². The lowest BCUT2D eigenvalue weighted by molar-refractivity contribution is 0.290. The van der Waals surface area contributed by atoms with Gasteiger partial charge < -0.3 is 18.3 Å². The third kappa shape index (κ3) is 11.5. The average molecular weight is 895 g/mol. The van der Waals surface area contributed by atoms with Crippen LogP contribution in [0.2, 0.25) is 0 Å². The fraction of sp³-hybridized carbons (Fsp3) is 0.167. The van der Waals surface area contributed by atoms with E-state index in [0.29, 0.717) is 48.3 Å². The van der Waals surface area contributed by atoms with Crippen molar-refractivity contribution in [2.24, 2.45) is 0 Å². The first-order valence-corrected chi connectivity index (χ1v) is 22.9. The predicted molar refractivity (Wildman–Crippen MR) is 274 cm³/mol. The molecule has 8 heteroatoms. The van der Waals surface area contributed by atoms with Crippen molar-refractivity contribution in [2.45, 2.75) is 65.6 Å². The zero-order valence-electron chi connectivity index (χ0n) is 39.3. The molecule has 0 aliphatic heterocycles. The molecule has 0 radical (unpaired) electrons. The minimum atomic E-state index is 0.0640. The molecule has 0 aliphatic rings. The SMILES string of the molecule is CC(C)(C)c1ccc(-c2nnc(-c3ccc(COc4cc(/C=C/c5ccc(/C=C/c6ccccc6)cc5)cc(OCc5ccc(-c6nnc(-c7ccc(C(C)(C)C)cc7)o6)cc5)c4)cc3)o2)cc1. The van der Waals surface area contributed by atoms with E-state index in [1.165, 1.54) is 11.1 Å². The first kappa shape index (κ1) is 45.1. The summed E-state index contributed by atoms with van der Waals surface area (Å²) in [6.07, 6.45) is 8.42. The van der Waals surface area contributed by atoms with Crippen LogP contribution in [0.5, 0.6) is 11.5 Å². The summed E-state index contributed by atoms with van der Waals surface area (Å²) in [6, 6.07) is 57.3. The second-order valence-electron chi connectivity index (χ2n) is 18.9. The van der Waals surface area contributed by atoms with E-state index >= 15 is 0 Å². The Morgan fingerprint density at radius 2 is 0.691 bits per heavy atom. The van der Waals surface area contributed by atoms with E-state index in [4.69, 9.17) is 18.3 Å². The lowest BCUT2D eigenvalue weighted by Crippen LogP contribution is -2.10. The fourth-order valence-corrected chi connectivity index (χ4v) is 7.48. The van der Waals surface area contributed by atoms with Crippen LogP contribution in [0, 0.1) is 0 Å². The Kier molecular flexibility index (Phi) is 13.1. The molecule has 2 heterocycles. The quantitative estimate of drug-likeness (QED) is 0.0996. The maximum Gasteiger partial charge on any atom is 0.248 e. The Hall–Kier alpha value is -8.10. The summed E-state index contributed by atoms with van der Waals surface area (Å²) >= 11 is 0. The van der Waals surface area contributed by atoms with E-state index in [1.54, 1.807) is 0 Å². The van der Waals surface area contributed by atoms with Crippen molar-refractivity contribution in [2.75, 3.05) is 0 Å². The fourth-order valence-electron chi connectivity index (χ4n) is 7.48. The molecule has 338 valence electrons. The molecule has 0 spiro atoms. The van der Waals surface area contributed by atoms with Crippen molar-refractivity contribution in [3.05, 3.63) is 214 Å². The summed E-state index contributed by atoms with van der Waals surface area (Å²) < 4.78 is 25.0. The maximum atomic E-state index is 6.42. The van der Waals surface area contributed by atoms with E-state index in [0.717, 1.165) is 55.6 Å². The molecule has 0 amide bonds. The monoisotopic (exact) mass is 894 g/mol. The van der Waals surface area contributed by atoms with Gasteiger partial charge in [0.25, 0.3) is 0 Å². The van der Waals surface area contributed by atoms with E-state index in [-0.39, 0.29) is 10.8 Å². The summed E-state index contributed by atoms with van der Waals surface area (Å²) in [5.41, 5.74) is 12.4. The highest BCUT2D eigenvalue weighted by Gasteiger charge is 2.17.